The first-order valence-corrected chi connectivity index (χ1v) is 6.86. The summed E-state index contributed by atoms with van der Waals surface area (Å²) in [4.78, 5) is 12.2. The van der Waals surface area contributed by atoms with Crippen LogP contribution in [0.1, 0.15) is 44.0 Å². The number of benzene rings is 1. The van der Waals surface area contributed by atoms with E-state index in [1.54, 1.807) is 24.3 Å². The van der Waals surface area contributed by atoms with Crippen LogP contribution in [-0.4, -0.2) is 24.6 Å². The molecule has 1 rings (SSSR count). The van der Waals surface area contributed by atoms with Gasteiger partial charge in [0.1, 0.15) is 5.75 Å². The van der Waals surface area contributed by atoms with Gasteiger partial charge >= 0.3 is 0 Å². The third-order valence-corrected chi connectivity index (χ3v) is 3.55. The highest BCUT2D eigenvalue weighted by molar-refractivity contribution is 5.94. The van der Waals surface area contributed by atoms with Crippen molar-refractivity contribution in [3.05, 3.63) is 29.8 Å². The number of amides is 1. The number of ether oxygens (including phenoxy) is 1. The van der Waals surface area contributed by atoms with E-state index in [0.29, 0.717) is 18.7 Å². The van der Waals surface area contributed by atoms with E-state index in [-0.39, 0.29) is 11.4 Å². The smallest absolute Gasteiger partial charge is 0.251 e. The Kier molecular flexibility index (Phi) is 5.83. The Balaban J connectivity index is 2.77. The Hall–Kier alpha value is -1.55. The molecule has 0 heterocycles. The summed E-state index contributed by atoms with van der Waals surface area (Å²) in [6.07, 6.45) is 1.64. The first-order chi connectivity index (χ1) is 9.10. The average Bonchev–Trinajstić information content (AvgIpc) is 2.46. The van der Waals surface area contributed by atoms with Gasteiger partial charge in [0.25, 0.3) is 5.91 Å². The number of hydrogen-bond donors (Lipinski definition) is 2. The van der Waals surface area contributed by atoms with Crippen LogP contribution in [0.5, 0.6) is 5.75 Å². The largest absolute Gasteiger partial charge is 0.494 e. The molecule has 0 unspecified atom stereocenters. The van der Waals surface area contributed by atoms with Gasteiger partial charge in [0, 0.05) is 12.1 Å². The zero-order chi connectivity index (χ0) is 14.3. The van der Waals surface area contributed by atoms with Crippen LogP contribution in [0.15, 0.2) is 24.3 Å². The molecule has 0 fully saturated rings. The van der Waals surface area contributed by atoms with E-state index in [0.717, 1.165) is 18.6 Å². The highest BCUT2D eigenvalue weighted by Gasteiger charge is 2.26. The number of rotatable bonds is 7. The average molecular weight is 264 g/mol. The fraction of sp³-hybridized carbons (Fsp3) is 0.533. The Morgan fingerprint density at radius 1 is 1.21 bits per heavy atom. The third kappa shape index (κ3) is 3.96. The van der Waals surface area contributed by atoms with Crippen LogP contribution in [0.3, 0.4) is 0 Å². The maximum absolute atomic E-state index is 12.2. The lowest BCUT2D eigenvalue weighted by Gasteiger charge is -2.31. The minimum atomic E-state index is -0.310. The van der Waals surface area contributed by atoms with E-state index in [1.807, 2.05) is 20.8 Å². The summed E-state index contributed by atoms with van der Waals surface area (Å²) in [5.74, 6) is 0.687. The number of hydrogen-bond acceptors (Lipinski definition) is 3. The molecular formula is C15H24N2O2. The summed E-state index contributed by atoms with van der Waals surface area (Å²) in [6.45, 7) is 7.07. The molecule has 106 valence electrons. The van der Waals surface area contributed by atoms with Gasteiger partial charge in [-0.05, 0) is 44.0 Å². The number of nitrogens with two attached hydrogens (primary N) is 1. The van der Waals surface area contributed by atoms with Crippen molar-refractivity contribution < 1.29 is 9.53 Å². The van der Waals surface area contributed by atoms with Gasteiger partial charge in [-0.1, -0.05) is 13.8 Å². The van der Waals surface area contributed by atoms with Crippen molar-refractivity contribution in [1.82, 2.24) is 5.32 Å². The summed E-state index contributed by atoms with van der Waals surface area (Å²) in [5.41, 5.74) is 6.10. The summed E-state index contributed by atoms with van der Waals surface area (Å²) < 4.78 is 5.35. The van der Waals surface area contributed by atoms with Crippen LogP contribution in [0.2, 0.25) is 0 Å². The molecule has 0 aliphatic carbocycles. The first-order valence-electron chi connectivity index (χ1n) is 6.86. The van der Waals surface area contributed by atoms with E-state index in [1.165, 1.54) is 0 Å². The van der Waals surface area contributed by atoms with E-state index in [2.05, 4.69) is 5.32 Å². The second kappa shape index (κ2) is 7.14. The Bertz CT molecular complexity index is 389. The lowest BCUT2D eigenvalue weighted by molar-refractivity contribution is 0.0895. The van der Waals surface area contributed by atoms with Crippen molar-refractivity contribution >= 4 is 5.91 Å². The van der Waals surface area contributed by atoms with Gasteiger partial charge in [-0.15, -0.1) is 0 Å². The molecule has 0 spiro atoms. The Morgan fingerprint density at radius 3 is 2.21 bits per heavy atom. The van der Waals surface area contributed by atoms with Crippen LogP contribution >= 0.6 is 0 Å². The lowest BCUT2D eigenvalue weighted by Crippen LogP contribution is -2.52. The van der Waals surface area contributed by atoms with Crippen molar-refractivity contribution in [2.75, 3.05) is 13.2 Å². The van der Waals surface area contributed by atoms with Crippen molar-refractivity contribution in [3.8, 4) is 5.75 Å². The molecule has 0 aliphatic heterocycles. The maximum atomic E-state index is 12.2. The lowest BCUT2D eigenvalue weighted by atomic mass is 9.92. The molecule has 0 radical (unpaired) electrons. The second-order valence-corrected chi connectivity index (χ2v) is 4.60. The molecule has 0 atom stereocenters. The number of carbonyl (C=O) groups excluding carboxylic acids is 1. The van der Waals surface area contributed by atoms with Gasteiger partial charge in [-0.3, -0.25) is 4.79 Å². The molecule has 3 N–H and O–H groups in total. The fourth-order valence-electron chi connectivity index (χ4n) is 1.95. The van der Waals surface area contributed by atoms with Gasteiger partial charge in [0.2, 0.25) is 0 Å². The molecule has 4 nitrogen and oxygen atoms in total. The molecule has 4 heteroatoms. The molecule has 19 heavy (non-hydrogen) atoms. The molecule has 0 aliphatic rings. The van der Waals surface area contributed by atoms with Gasteiger partial charge < -0.3 is 15.8 Å². The van der Waals surface area contributed by atoms with Crippen molar-refractivity contribution in [2.24, 2.45) is 5.73 Å². The molecule has 0 bridgehead atoms. The zero-order valence-electron chi connectivity index (χ0n) is 12.0. The Labute approximate surface area is 115 Å². The third-order valence-electron chi connectivity index (χ3n) is 3.55. The van der Waals surface area contributed by atoms with Crippen molar-refractivity contribution in [1.29, 1.82) is 0 Å². The maximum Gasteiger partial charge on any atom is 0.251 e. The highest BCUT2D eigenvalue weighted by Crippen LogP contribution is 2.16. The van der Waals surface area contributed by atoms with Crippen molar-refractivity contribution in [2.45, 2.75) is 39.2 Å². The van der Waals surface area contributed by atoms with E-state index in [9.17, 15) is 4.79 Å². The van der Waals surface area contributed by atoms with Gasteiger partial charge in [-0.2, -0.15) is 0 Å². The standard InChI is InChI=1S/C15H24N2O2/c1-4-15(5-2,11-16)17-14(18)12-7-9-13(10-8-12)19-6-3/h7-10H,4-6,11,16H2,1-3H3,(H,17,18). The molecule has 0 saturated heterocycles. The number of carbonyl (C=O) groups is 1. The van der Waals surface area contributed by atoms with Crippen LogP contribution in [0.25, 0.3) is 0 Å². The molecule has 1 amide bonds. The van der Waals surface area contributed by atoms with Crippen LogP contribution in [0.4, 0.5) is 0 Å². The van der Waals surface area contributed by atoms with E-state index < -0.39 is 0 Å². The van der Waals surface area contributed by atoms with Gasteiger partial charge in [0.05, 0.1) is 12.1 Å². The monoisotopic (exact) mass is 264 g/mol. The summed E-state index contributed by atoms with van der Waals surface area (Å²) >= 11 is 0. The fourth-order valence-corrected chi connectivity index (χ4v) is 1.95. The zero-order valence-corrected chi connectivity index (χ0v) is 12.0. The van der Waals surface area contributed by atoms with Crippen LogP contribution in [0, 0.1) is 0 Å². The minimum absolute atomic E-state index is 0.0859. The highest BCUT2D eigenvalue weighted by atomic mass is 16.5. The van der Waals surface area contributed by atoms with E-state index in [4.69, 9.17) is 10.5 Å². The predicted octanol–water partition coefficient (Wildman–Crippen LogP) is 2.33. The van der Waals surface area contributed by atoms with Crippen LogP contribution < -0.4 is 15.8 Å². The first kappa shape index (κ1) is 15.5. The number of nitrogens with one attached hydrogen (secondary N) is 1. The molecule has 1 aromatic rings. The van der Waals surface area contributed by atoms with Gasteiger partial charge in [-0.25, -0.2) is 0 Å². The quantitative estimate of drug-likeness (QED) is 0.794. The molecule has 1 aromatic carbocycles. The summed E-state index contributed by atoms with van der Waals surface area (Å²) in [5, 5.41) is 3.04. The topological polar surface area (TPSA) is 64.3 Å². The summed E-state index contributed by atoms with van der Waals surface area (Å²) in [6, 6.07) is 7.15. The van der Waals surface area contributed by atoms with Crippen LogP contribution in [-0.2, 0) is 0 Å². The second-order valence-electron chi connectivity index (χ2n) is 4.60. The normalized spacial score (nSPS) is 11.2. The molecular weight excluding hydrogens is 240 g/mol. The predicted molar refractivity (Wildman–Crippen MR) is 77.4 cm³/mol. The van der Waals surface area contributed by atoms with Gasteiger partial charge in [0.15, 0.2) is 0 Å². The SMILES string of the molecule is CCOc1ccc(C(=O)NC(CC)(CC)CN)cc1. The van der Waals surface area contributed by atoms with Crippen molar-refractivity contribution in [3.63, 3.8) is 0 Å². The Morgan fingerprint density at radius 2 is 1.79 bits per heavy atom. The molecule has 0 saturated carbocycles. The molecule has 0 aromatic heterocycles. The summed E-state index contributed by atoms with van der Waals surface area (Å²) in [7, 11) is 0. The van der Waals surface area contributed by atoms with E-state index >= 15 is 0 Å². The minimum Gasteiger partial charge on any atom is -0.494 e.